The maximum atomic E-state index is 14.5. The highest BCUT2D eigenvalue weighted by Crippen LogP contribution is 2.36. The molecule has 8 heteroatoms. The van der Waals surface area contributed by atoms with E-state index in [1.54, 1.807) is 13.0 Å². The van der Waals surface area contributed by atoms with Crippen molar-refractivity contribution in [2.75, 3.05) is 29.4 Å². The Morgan fingerprint density at radius 1 is 1.42 bits per heavy atom. The summed E-state index contributed by atoms with van der Waals surface area (Å²) in [6.07, 6.45) is -0.973. The number of hydrogen-bond acceptors (Lipinski definition) is 4. The van der Waals surface area contributed by atoms with Crippen molar-refractivity contribution >= 4 is 29.3 Å². The van der Waals surface area contributed by atoms with Crippen LogP contribution in [0, 0.1) is 5.82 Å². The lowest BCUT2D eigenvalue weighted by molar-refractivity contribution is -0.119. The predicted molar refractivity (Wildman–Crippen MR) is 84.4 cm³/mol. The molecule has 0 bridgehead atoms. The molecule has 3 amide bonds. The number of rotatable bonds is 4. The first-order chi connectivity index (χ1) is 11.4. The van der Waals surface area contributed by atoms with E-state index in [1.165, 1.54) is 22.8 Å². The van der Waals surface area contributed by atoms with Gasteiger partial charge in [-0.15, -0.1) is 0 Å². The molecule has 24 heavy (non-hydrogen) atoms. The Bertz CT molecular complexity index is 722. The number of likely N-dealkylation sites (N-methyl/N-ethyl adjacent to an activating group) is 1. The summed E-state index contributed by atoms with van der Waals surface area (Å²) < 4.78 is 19.6. The average molecular weight is 335 g/mol. The number of cyclic esters (lactones) is 1. The lowest BCUT2D eigenvalue weighted by Crippen LogP contribution is -2.33. The number of carbonyl (C=O) groups is 3. The van der Waals surface area contributed by atoms with Crippen LogP contribution in [0.4, 0.5) is 20.6 Å². The van der Waals surface area contributed by atoms with Gasteiger partial charge in [0.25, 0.3) is 0 Å². The minimum atomic E-state index is -0.596. The van der Waals surface area contributed by atoms with Crippen LogP contribution in [0.3, 0.4) is 0 Å². The van der Waals surface area contributed by atoms with Gasteiger partial charge < -0.3 is 15.0 Å². The minimum Gasteiger partial charge on any atom is -0.442 e. The van der Waals surface area contributed by atoms with Gasteiger partial charge in [0.15, 0.2) is 0 Å². The van der Waals surface area contributed by atoms with Crippen molar-refractivity contribution in [1.82, 2.24) is 5.32 Å². The van der Waals surface area contributed by atoms with Crippen LogP contribution in [0.15, 0.2) is 12.1 Å². The second kappa shape index (κ2) is 6.10. The van der Waals surface area contributed by atoms with E-state index in [2.05, 4.69) is 5.32 Å². The van der Waals surface area contributed by atoms with Gasteiger partial charge in [-0.05, 0) is 24.6 Å². The van der Waals surface area contributed by atoms with Crippen molar-refractivity contribution in [3.63, 3.8) is 0 Å². The summed E-state index contributed by atoms with van der Waals surface area (Å²) in [5, 5.41) is 2.58. The number of amides is 3. The molecular formula is C16H18FN3O4. The molecule has 2 aliphatic heterocycles. The van der Waals surface area contributed by atoms with E-state index in [0.29, 0.717) is 17.8 Å². The van der Waals surface area contributed by atoms with E-state index in [-0.39, 0.29) is 37.0 Å². The number of ether oxygens (including phenoxy) is 1. The van der Waals surface area contributed by atoms with Crippen LogP contribution in [0.2, 0.25) is 0 Å². The van der Waals surface area contributed by atoms with Crippen LogP contribution in [0.25, 0.3) is 0 Å². The summed E-state index contributed by atoms with van der Waals surface area (Å²) in [6.45, 7) is 3.97. The van der Waals surface area contributed by atoms with Crippen molar-refractivity contribution in [1.29, 1.82) is 0 Å². The first-order valence-electron chi connectivity index (χ1n) is 7.76. The molecule has 1 aromatic carbocycles. The standard InChI is InChI=1S/C16H18FN3O4/c1-3-19-14(22)5-10-4-11(6-13(17)15(10)19)20-8-12(24-16(20)23)7-18-9(2)21/h4,6,12H,3,5,7-8H2,1-2H3,(H,18,21). The summed E-state index contributed by atoms with van der Waals surface area (Å²) in [7, 11) is 0. The van der Waals surface area contributed by atoms with Gasteiger partial charge >= 0.3 is 6.09 Å². The van der Waals surface area contributed by atoms with Crippen LogP contribution in [-0.4, -0.2) is 43.6 Å². The van der Waals surface area contributed by atoms with E-state index in [9.17, 15) is 18.8 Å². The monoisotopic (exact) mass is 335 g/mol. The normalized spacial score (nSPS) is 19.5. The zero-order valence-corrected chi connectivity index (χ0v) is 13.5. The molecule has 2 aliphatic rings. The number of hydrogen-bond donors (Lipinski definition) is 1. The Labute approximate surface area is 138 Å². The summed E-state index contributed by atoms with van der Waals surface area (Å²) in [4.78, 5) is 37.6. The SMILES string of the molecule is CCN1C(=O)Cc2cc(N3CC(CNC(C)=O)OC3=O)cc(F)c21. The average Bonchev–Trinajstić information content (AvgIpc) is 3.04. The number of anilines is 2. The Kier molecular flexibility index (Phi) is 4.13. The molecule has 0 spiro atoms. The molecule has 0 aromatic heterocycles. The topological polar surface area (TPSA) is 79.0 Å². The summed E-state index contributed by atoms with van der Waals surface area (Å²) >= 11 is 0. The number of fused-ring (bicyclic) bond motifs is 1. The second-order valence-corrected chi connectivity index (χ2v) is 5.80. The smallest absolute Gasteiger partial charge is 0.414 e. The van der Waals surface area contributed by atoms with Crippen molar-refractivity contribution in [3.8, 4) is 0 Å². The quantitative estimate of drug-likeness (QED) is 0.897. The van der Waals surface area contributed by atoms with Crippen LogP contribution >= 0.6 is 0 Å². The van der Waals surface area contributed by atoms with Gasteiger partial charge in [0.2, 0.25) is 11.8 Å². The van der Waals surface area contributed by atoms with Crippen LogP contribution < -0.4 is 15.1 Å². The van der Waals surface area contributed by atoms with Gasteiger partial charge in [0, 0.05) is 13.5 Å². The largest absolute Gasteiger partial charge is 0.442 e. The highest BCUT2D eigenvalue weighted by Gasteiger charge is 2.35. The van der Waals surface area contributed by atoms with Crippen LogP contribution in [0.1, 0.15) is 19.4 Å². The van der Waals surface area contributed by atoms with Gasteiger partial charge in [0.05, 0.1) is 30.9 Å². The van der Waals surface area contributed by atoms with E-state index < -0.39 is 18.0 Å². The highest BCUT2D eigenvalue weighted by atomic mass is 19.1. The summed E-state index contributed by atoms with van der Waals surface area (Å²) in [6, 6.07) is 2.89. The van der Waals surface area contributed by atoms with Gasteiger partial charge in [-0.25, -0.2) is 9.18 Å². The molecular weight excluding hydrogens is 317 g/mol. The first-order valence-corrected chi connectivity index (χ1v) is 7.76. The molecule has 2 heterocycles. The van der Waals surface area contributed by atoms with Crippen LogP contribution in [0.5, 0.6) is 0 Å². The second-order valence-electron chi connectivity index (χ2n) is 5.80. The molecule has 1 saturated heterocycles. The number of carbonyl (C=O) groups excluding carboxylic acids is 3. The fraction of sp³-hybridized carbons (Fsp3) is 0.438. The van der Waals surface area contributed by atoms with Crippen molar-refractivity contribution in [2.45, 2.75) is 26.4 Å². The third-order valence-corrected chi connectivity index (χ3v) is 4.12. The predicted octanol–water partition coefficient (Wildman–Crippen LogP) is 1.20. The number of nitrogens with zero attached hydrogens (tertiary/aromatic N) is 2. The Hall–Kier alpha value is -2.64. The lowest BCUT2D eigenvalue weighted by atomic mass is 10.1. The zero-order valence-electron chi connectivity index (χ0n) is 13.5. The fourth-order valence-electron chi connectivity index (χ4n) is 3.05. The molecule has 7 nitrogen and oxygen atoms in total. The minimum absolute atomic E-state index is 0.117. The molecule has 1 N–H and O–H groups in total. The summed E-state index contributed by atoms with van der Waals surface area (Å²) in [5.74, 6) is -0.907. The molecule has 0 saturated carbocycles. The van der Waals surface area contributed by atoms with E-state index in [1.807, 2.05) is 0 Å². The third-order valence-electron chi connectivity index (χ3n) is 4.12. The van der Waals surface area contributed by atoms with Gasteiger partial charge in [-0.3, -0.25) is 14.5 Å². The molecule has 3 rings (SSSR count). The van der Waals surface area contributed by atoms with Gasteiger partial charge in [-0.1, -0.05) is 0 Å². The van der Waals surface area contributed by atoms with Crippen molar-refractivity contribution in [2.24, 2.45) is 0 Å². The third kappa shape index (κ3) is 2.79. The Morgan fingerprint density at radius 3 is 2.83 bits per heavy atom. The number of halogens is 1. The molecule has 128 valence electrons. The highest BCUT2D eigenvalue weighted by molar-refractivity contribution is 6.02. The molecule has 1 aromatic rings. The lowest BCUT2D eigenvalue weighted by Gasteiger charge is -2.18. The maximum Gasteiger partial charge on any atom is 0.414 e. The zero-order chi connectivity index (χ0) is 17.4. The first kappa shape index (κ1) is 16.2. The van der Waals surface area contributed by atoms with E-state index >= 15 is 0 Å². The van der Waals surface area contributed by atoms with E-state index in [0.717, 1.165) is 0 Å². The van der Waals surface area contributed by atoms with Crippen molar-refractivity contribution < 1.29 is 23.5 Å². The van der Waals surface area contributed by atoms with Crippen molar-refractivity contribution in [3.05, 3.63) is 23.5 Å². The Balaban J connectivity index is 1.83. The molecule has 0 radical (unpaired) electrons. The molecule has 1 fully saturated rings. The fourth-order valence-corrected chi connectivity index (χ4v) is 3.05. The molecule has 1 atom stereocenters. The van der Waals surface area contributed by atoms with Gasteiger partial charge in [0.1, 0.15) is 11.9 Å². The Morgan fingerprint density at radius 2 is 2.17 bits per heavy atom. The number of nitrogens with one attached hydrogen (secondary N) is 1. The van der Waals surface area contributed by atoms with Gasteiger partial charge in [-0.2, -0.15) is 0 Å². The van der Waals surface area contributed by atoms with E-state index in [4.69, 9.17) is 4.74 Å². The maximum absolute atomic E-state index is 14.5. The molecule has 0 aliphatic carbocycles. The number of benzene rings is 1. The molecule has 1 unspecified atom stereocenters. The van der Waals surface area contributed by atoms with Crippen LogP contribution in [-0.2, 0) is 20.7 Å². The summed E-state index contributed by atoms with van der Waals surface area (Å²) in [5.41, 5.74) is 1.20.